The van der Waals surface area contributed by atoms with Crippen LogP contribution in [0.1, 0.15) is 18.4 Å². The maximum Gasteiger partial charge on any atom is 0.177 e. The van der Waals surface area contributed by atoms with E-state index in [1.54, 1.807) is 11.8 Å². The summed E-state index contributed by atoms with van der Waals surface area (Å²) in [6, 6.07) is 7.79. The normalized spacial score (nSPS) is 15.1. The average Bonchev–Trinajstić information content (AvgIpc) is 3.43. The van der Waals surface area contributed by atoms with Crippen molar-refractivity contribution in [2.24, 2.45) is 0 Å². The lowest BCUT2D eigenvalue weighted by Gasteiger charge is -2.28. The Hall–Kier alpha value is -2.75. The summed E-state index contributed by atoms with van der Waals surface area (Å²) >= 11 is 7.95. The minimum absolute atomic E-state index is 0.509. The molecular formula is C22H24ClN7OS. The minimum atomic E-state index is 0.509. The van der Waals surface area contributed by atoms with Gasteiger partial charge in [0.15, 0.2) is 11.5 Å². The molecule has 1 fully saturated rings. The third-order valence-electron chi connectivity index (χ3n) is 5.45. The summed E-state index contributed by atoms with van der Waals surface area (Å²) in [6.45, 7) is 5.60. The third-order valence-corrected chi connectivity index (χ3v) is 6.34. The Bertz CT molecular complexity index is 1290. The number of ether oxygens (including phenoxy) is 1. The summed E-state index contributed by atoms with van der Waals surface area (Å²) in [6.07, 6.45) is 3.92. The van der Waals surface area contributed by atoms with Gasteiger partial charge in [0.2, 0.25) is 0 Å². The van der Waals surface area contributed by atoms with Crippen molar-refractivity contribution in [1.29, 1.82) is 0 Å². The number of imidazole rings is 2. The largest absolute Gasteiger partial charge is 0.378 e. The Morgan fingerprint density at radius 1 is 1.34 bits per heavy atom. The number of para-hydroxylation sites is 1. The number of benzene rings is 1. The molecule has 0 radical (unpaired) electrons. The Balaban J connectivity index is 1.52. The van der Waals surface area contributed by atoms with Gasteiger partial charge in [-0.15, -0.1) is 16.9 Å². The van der Waals surface area contributed by atoms with Gasteiger partial charge in [0.1, 0.15) is 11.3 Å². The van der Waals surface area contributed by atoms with Crippen LogP contribution in [-0.2, 0) is 11.3 Å². The second-order valence-electron chi connectivity index (χ2n) is 7.60. The lowest BCUT2D eigenvalue weighted by molar-refractivity contribution is 0.122. The van der Waals surface area contributed by atoms with Gasteiger partial charge >= 0.3 is 0 Å². The molecule has 5 rings (SSSR count). The van der Waals surface area contributed by atoms with Crippen molar-refractivity contribution in [2.45, 2.75) is 13.5 Å². The molecule has 0 unspecified atom stereocenters. The fourth-order valence-corrected chi connectivity index (χ4v) is 4.54. The molecule has 4 heterocycles. The van der Waals surface area contributed by atoms with Gasteiger partial charge in [0, 0.05) is 19.2 Å². The number of nitrogens with one attached hydrogen (secondary N) is 2. The summed E-state index contributed by atoms with van der Waals surface area (Å²) in [4.78, 5) is 14.9. The van der Waals surface area contributed by atoms with Gasteiger partial charge in [-0.25, -0.2) is 14.5 Å². The van der Waals surface area contributed by atoms with Gasteiger partial charge in [-0.3, -0.25) is 0 Å². The number of fused-ring (bicyclic) bond motifs is 2. The average molecular weight is 470 g/mol. The topological polar surface area (TPSA) is 83.4 Å². The van der Waals surface area contributed by atoms with Gasteiger partial charge in [-0.1, -0.05) is 17.7 Å². The molecule has 10 heteroatoms. The molecule has 0 saturated carbocycles. The smallest absolute Gasteiger partial charge is 0.177 e. The molecule has 0 aliphatic carbocycles. The van der Waals surface area contributed by atoms with Gasteiger partial charge < -0.3 is 19.9 Å². The molecule has 2 N–H and O–H groups in total. The van der Waals surface area contributed by atoms with Crippen molar-refractivity contribution >= 4 is 57.1 Å². The molecular weight excluding hydrogens is 446 g/mol. The Kier molecular flexibility index (Phi) is 5.95. The van der Waals surface area contributed by atoms with Crippen molar-refractivity contribution in [3.63, 3.8) is 0 Å². The zero-order valence-corrected chi connectivity index (χ0v) is 19.5. The van der Waals surface area contributed by atoms with Crippen LogP contribution in [0.4, 0.5) is 11.5 Å². The van der Waals surface area contributed by atoms with Crippen molar-refractivity contribution in [3.8, 4) is 0 Å². The Morgan fingerprint density at radius 3 is 2.97 bits per heavy atom. The van der Waals surface area contributed by atoms with E-state index in [4.69, 9.17) is 21.4 Å². The highest BCUT2D eigenvalue weighted by atomic mass is 35.5. The number of hydrogen-bond acceptors (Lipinski definition) is 7. The zero-order valence-electron chi connectivity index (χ0n) is 17.9. The van der Waals surface area contributed by atoms with Crippen LogP contribution >= 0.6 is 23.4 Å². The molecule has 0 amide bonds. The molecule has 1 aliphatic heterocycles. The lowest BCUT2D eigenvalue weighted by atomic mass is 10.3. The minimum Gasteiger partial charge on any atom is -0.378 e. The molecule has 4 aromatic rings. The van der Waals surface area contributed by atoms with E-state index in [-0.39, 0.29) is 0 Å². The standard InChI is InChI=1S/C22H24ClN7OS/c1-14(13-32-2)18-11-25-22-17(10-20(28-30(18)22)29-6-8-31-9-7-29)24-12-19-26-16-5-3-4-15(23)21(16)27-19/h3-5,10-11,13,24H,6-9,12H2,1-2H3,(H,26,27)/b14-13+. The molecule has 8 nitrogen and oxygen atoms in total. The SMILES string of the molecule is CS/C=C(\C)c1cnc2c(NCc3nc4c(Cl)cccc4[nH]3)cc(N3CCOCC3)nn12. The molecule has 3 aromatic heterocycles. The summed E-state index contributed by atoms with van der Waals surface area (Å²) < 4.78 is 7.44. The van der Waals surface area contributed by atoms with Crippen molar-refractivity contribution in [3.05, 3.63) is 52.4 Å². The van der Waals surface area contributed by atoms with Gasteiger partial charge in [-0.05, 0) is 36.3 Å². The number of halogens is 1. The number of hydrogen-bond donors (Lipinski definition) is 2. The van der Waals surface area contributed by atoms with Gasteiger partial charge in [0.05, 0.1) is 47.9 Å². The lowest BCUT2D eigenvalue weighted by Crippen LogP contribution is -2.37. The van der Waals surface area contributed by atoms with Crippen LogP contribution in [0, 0.1) is 0 Å². The quantitative estimate of drug-likeness (QED) is 0.432. The predicted molar refractivity (Wildman–Crippen MR) is 132 cm³/mol. The van der Waals surface area contributed by atoms with E-state index in [1.807, 2.05) is 35.2 Å². The van der Waals surface area contributed by atoms with E-state index in [1.165, 1.54) is 0 Å². The monoisotopic (exact) mass is 469 g/mol. The van der Waals surface area contributed by atoms with E-state index in [0.29, 0.717) is 24.8 Å². The second kappa shape index (κ2) is 9.01. The molecule has 1 aliphatic rings. The van der Waals surface area contributed by atoms with E-state index in [0.717, 1.165) is 58.4 Å². The molecule has 0 spiro atoms. The third kappa shape index (κ3) is 4.03. The second-order valence-corrected chi connectivity index (χ2v) is 8.72. The van der Waals surface area contributed by atoms with Crippen molar-refractivity contribution < 1.29 is 4.74 Å². The fraction of sp³-hybridized carbons (Fsp3) is 0.318. The molecule has 1 saturated heterocycles. The number of nitrogens with zero attached hydrogens (tertiary/aromatic N) is 5. The number of H-pyrrole nitrogens is 1. The van der Waals surface area contributed by atoms with E-state index in [9.17, 15) is 0 Å². The zero-order chi connectivity index (χ0) is 22.1. The molecule has 32 heavy (non-hydrogen) atoms. The summed E-state index contributed by atoms with van der Waals surface area (Å²) in [5, 5.41) is 11.2. The molecule has 0 atom stereocenters. The summed E-state index contributed by atoms with van der Waals surface area (Å²) in [7, 11) is 0. The number of aromatic amines is 1. The maximum absolute atomic E-state index is 6.28. The van der Waals surface area contributed by atoms with E-state index >= 15 is 0 Å². The van der Waals surface area contributed by atoms with Crippen molar-refractivity contribution in [2.75, 3.05) is 42.8 Å². The van der Waals surface area contributed by atoms with Gasteiger partial charge in [0.25, 0.3) is 0 Å². The van der Waals surface area contributed by atoms with E-state index < -0.39 is 0 Å². The van der Waals surface area contributed by atoms with Crippen LogP contribution in [0.2, 0.25) is 5.02 Å². The number of thioether (sulfide) groups is 1. The Morgan fingerprint density at radius 2 is 2.19 bits per heavy atom. The first kappa shape index (κ1) is 21.1. The first-order valence-corrected chi connectivity index (χ1v) is 12.1. The number of allylic oxidation sites excluding steroid dienone is 1. The van der Waals surface area contributed by atoms with Crippen LogP contribution in [-0.4, -0.2) is 57.1 Å². The van der Waals surface area contributed by atoms with Crippen LogP contribution in [0.3, 0.4) is 0 Å². The van der Waals surface area contributed by atoms with Crippen molar-refractivity contribution in [1.82, 2.24) is 24.6 Å². The Labute approximate surface area is 195 Å². The number of rotatable bonds is 6. The van der Waals surface area contributed by atoms with Crippen LogP contribution in [0.5, 0.6) is 0 Å². The predicted octanol–water partition coefficient (Wildman–Crippen LogP) is 4.43. The highest BCUT2D eigenvalue weighted by Crippen LogP contribution is 2.27. The number of anilines is 2. The molecule has 166 valence electrons. The number of aromatic nitrogens is 5. The van der Waals surface area contributed by atoms with Crippen LogP contribution in [0.15, 0.2) is 35.9 Å². The van der Waals surface area contributed by atoms with Crippen LogP contribution in [0.25, 0.3) is 22.3 Å². The first-order chi connectivity index (χ1) is 15.6. The number of morpholine rings is 1. The van der Waals surface area contributed by atoms with E-state index in [2.05, 4.69) is 43.6 Å². The fourth-order valence-electron chi connectivity index (χ4n) is 3.85. The van der Waals surface area contributed by atoms with Crippen LogP contribution < -0.4 is 10.2 Å². The highest BCUT2D eigenvalue weighted by molar-refractivity contribution is 8.01. The highest BCUT2D eigenvalue weighted by Gasteiger charge is 2.18. The summed E-state index contributed by atoms with van der Waals surface area (Å²) in [5.74, 6) is 1.70. The molecule has 0 bridgehead atoms. The first-order valence-electron chi connectivity index (χ1n) is 10.4. The maximum atomic E-state index is 6.28. The van der Waals surface area contributed by atoms with Gasteiger partial charge in [-0.2, -0.15) is 0 Å². The summed E-state index contributed by atoms with van der Waals surface area (Å²) in [5.41, 5.74) is 5.47. The molecule has 1 aromatic carbocycles.